The molecule has 1 fully saturated rings. The molecule has 0 spiro atoms. The zero-order valence-electron chi connectivity index (χ0n) is 9.78. The van der Waals surface area contributed by atoms with E-state index in [0.29, 0.717) is 5.92 Å². The van der Waals surface area contributed by atoms with E-state index in [0.717, 1.165) is 24.7 Å². The highest BCUT2D eigenvalue weighted by Gasteiger charge is 2.27. The van der Waals surface area contributed by atoms with E-state index in [1.165, 1.54) is 12.8 Å². The molecule has 1 atom stereocenters. The topological polar surface area (TPSA) is 63.3 Å². The molecule has 88 valence electrons. The van der Waals surface area contributed by atoms with Gasteiger partial charge < -0.3 is 10.8 Å². The van der Waals surface area contributed by atoms with Crippen LogP contribution in [-0.2, 0) is 4.79 Å². The molecule has 0 aromatic rings. The third-order valence-electron chi connectivity index (χ3n) is 3.78. The van der Waals surface area contributed by atoms with Crippen molar-refractivity contribution in [2.75, 3.05) is 0 Å². The Hall–Kier alpha value is -0.570. The first kappa shape index (κ1) is 12.5. The quantitative estimate of drug-likeness (QED) is 0.753. The van der Waals surface area contributed by atoms with Crippen LogP contribution in [0.3, 0.4) is 0 Å². The van der Waals surface area contributed by atoms with Gasteiger partial charge in [-0.1, -0.05) is 13.8 Å². The lowest BCUT2D eigenvalue weighted by Gasteiger charge is -2.33. The Balaban J connectivity index is 2.33. The van der Waals surface area contributed by atoms with E-state index in [2.05, 4.69) is 13.8 Å². The Bertz CT molecular complexity index is 208. The van der Waals surface area contributed by atoms with Crippen molar-refractivity contribution in [1.29, 1.82) is 0 Å². The average molecular weight is 213 g/mol. The summed E-state index contributed by atoms with van der Waals surface area (Å²) in [4.78, 5) is 10.5. The van der Waals surface area contributed by atoms with Crippen LogP contribution in [0.4, 0.5) is 0 Å². The molecular weight excluding hydrogens is 190 g/mol. The molecule has 0 bridgehead atoms. The number of hydrogen-bond donors (Lipinski definition) is 2. The van der Waals surface area contributed by atoms with Gasteiger partial charge >= 0.3 is 5.97 Å². The first-order chi connectivity index (χ1) is 7.00. The molecular formula is C12H23NO2. The van der Waals surface area contributed by atoms with Crippen LogP contribution in [0, 0.1) is 17.8 Å². The maximum atomic E-state index is 10.5. The van der Waals surface area contributed by atoms with Gasteiger partial charge in [-0.05, 0) is 43.4 Å². The van der Waals surface area contributed by atoms with Crippen LogP contribution in [-0.4, -0.2) is 17.1 Å². The van der Waals surface area contributed by atoms with E-state index in [4.69, 9.17) is 10.8 Å². The predicted molar refractivity (Wildman–Crippen MR) is 60.5 cm³/mol. The largest absolute Gasteiger partial charge is 0.481 e. The van der Waals surface area contributed by atoms with Crippen molar-refractivity contribution in [3.05, 3.63) is 0 Å². The summed E-state index contributed by atoms with van der Waals surface area (Å²) >= 11 is 0. The lowest BCUT2D eigenvalue weighted by atomic mass is 9.74. The Labute approximate surface area is 92.0 Å². The third kappa shape index (κ3) is 3.82. The maximum absolute atomic E-state index is 10.5. The van der Waals surface area contributed by atoms with Gasteiger partial charge in [0, 0.05) is 6.04 Å². The van der Waals surface area contributed by atoms with Gasteiger partial charge in [0.25, 0.3) is 0 Å². The van der Waals surface area contributed by atoms with Crippen molar-refractivity contribution in [1.82, 2.24) is 0 Å². The van der Waals surface area contributed by atoms with Crippen molar-refractivity contribution in [2.45, 2.75) is 52.0 Å². The molecule has 0 aromatic heterocycles. The van der Waals surface area contributed by atoms with E-state index < -0.39 is 5.97 Å². The molecule has 15 heavy (non-hydrogen) atoms. The normalized spacial score (nSPS) is 29.1. The molecule has 1 aliphatic rings. The molecule has 0 amide bonds. The maximum Gasteiger partial charge on any atom is 0.304 e. The van der Waals surface area contributed by atoms with E-state index in [1.54, 1.807) is 0 Å². The van der Waals surface area contributed by atoms with Crippen molar-refractivity contribution in [3.63, 3.8) is 0 Å². The standard InChI is InChI=1S/C12H23NO2/c1-8(2)9-3-5-10(6-4-9)11(13)7-12(14)15/h8-11H,3-7,13H2,1-2H3,(H,14,15). The fraction of sp³-hybridized carbons (Fsp3) is 0.917. The first-order valence-corrected chi connectivity index (χ1v) is 5.98. The van der Waals surface area contributed by atoms with Crippen molar-refractivity contribution >= 4 is 5.97 Å². The zero-order valence-corrected chi connectivity index (χ0v) is 9.78. The summed E-state index contributed by atoms with van der Waals surface area (Å²) in [7, 11) is 0. The highest BCUT2D eigenvalue weighted by atomic mass is 16.4. The summed E-state index contributed by atoms with van der Waals surface area (Å²) in [5, 5.41) is 8.67. The van der Waals surface area contributed by atoms with Gasteiger partial charge in [0.05, 0.1) is 6.42 Å². The molecule has 3 nitrogen and oxygen atoms in total. The number of rotatable bonds is 4. The molecule has 1 saturated carbocycles. The molecule has 0 heterocycles. The van der Waals surface area contributed by atoms with Crippen molar-refractivity contribution < 1.29 is 9.90 Å². The van der Waals surface area contributed by atoms with Crippen molar-refractivity contribution in [3.8, 4) is 0 Å². The molecule has 0 aliphatic heterocycles. The van der Waals surface area contributed by atoms with Crippen LogP contribution in [0.2, 0.25) is 0 Å². The minimum atomic E-state index is -0.770. The Kier molecular flexibility index (Phi) is 4.58. The van der Waals surface area contributed by atoms with Gasteiger partial charge in [-0.25, -0.2) is 0 Å². The summed E-state index contributed by atoms with van der Waals surface area (Å²) in [6.45, 7) is 4.53. The van der Waals surface area contributed by atoms with Gasteiger partial charge in [-0.2, -0.15) is 0 Å². The second-order valence-corrected chi connectivity index (χ2v) is 5.18. The fourth-order valence-corrected chi connectivity index (χ4v) is 2.61. The minimum Gasteiger partial charge on any atom is -0.481 e. The monoisotopic (exact) mass is 213 g/mol. The Morgan fingerprint density at radius 3 is 2.13 bits per heavy atom. The van der Waals surface area contributed by atoms with Crippen LogP contribution in [0.25, 0.3) is 0 Å². The van der Waals surface area contributed by atoms with Crippen LogP contribution in [0.1, 0.15) is 46.0 Å². The highest BCUT2D eigenvalue weighted by Crippen LogP contribution is 2.34. The van der Waals surface area contributed by atoms with Crippen LogP contribution < -0.4 is 5.73 Å². The predicted octanol–water partition coefficient (Wildman–Crippen LogP) is 2.25. The van der Waals surface area contributed by atoms with Gasteiger partial charge in [-0.15, -0.1) is 0 Å². The van der Waals surface area contributed by atoms with Gasteiger partial charge in [0.1, 0.15) is 0 Å². The second-order valence-electron chi connectivity index (χ2n) is 5.18. The number of carboxylic acids is 1. The lowest BCUT2D eigenvalue weighted by Crippen LogP contribution is -2.35. The number of carboxylic acid groups (broad SMARTS) is 1. The number of carbonyl (C=O) groups is 1. The van der Waals surface area contributed by atoms with E-state index in [9.17, 15) is 4.79 Å². The van der Waals surface area contributed by atoms with Crippen LogP contribution >= 0.6 is 0 Å². The SMILES string of the molecule is CC(C)C1CCC(C(N)CC(=O)O)CC1. The summed E-state index contributed by atoms with van der Waals surface area (Å²) < 4.78 is 0. The molecule has 1 rings (SSSR count). The first-order valence-electron chi connectivity index (χ1n) is 5.98. The third-order valence-corrected chi connectivity index (χ3v) is 3.78. The zero-order chi connectivity index (χ0) is 11.4. The molecule has 3 N–H and O–H groups in total. The minimum absolute atomic E-state index is 0.122. The van der Waals surface area contributed by atoms with Gasteiger partial charge in [-0.3, -0.25) is 4.79 Å². The molecule has 1 unspecified atom stereocenters. The van der Waals surface area contributed by atoms with E-state index >= 15 is 0 Å². The average Bonchev–Trinajstić information content (AvgIpc) is 2.17. The van der Waals surface area contributed by atoms with Crippen LogP contribution in [0.15, 0.2) is 0 Å². The number of nitrogens with two attached hydrogens (primary N) is 1. The smallest absolute Gasteiger partial charge is 0.304 e. The highest BCUT2D eigenvalue weighted by molar-refractivity contribution is 5.67. The van der Waals surface area contributed by atoms with Gasteiger partial charge in [0.2, 0.25) is 0 Å². The van der Waals surface area contributed by atoms with Crippen molar-refractivity contribution in [2.24, 2.45) is 23.5 Å². The summed E-state index contributed by atoms with van der Waals surface area (Å²) in [6, 6.07) is -0.143. The van der Waals surface area contributed by atoms with E-state index in [-0.39, 0.29) is 12.5 Å². The number of aliphatic carboxylic acids is 1. The molecule has 3 heteroatoms. The van der Waals surface area contributed by atoms with E-state index in [1.807, 2.05) is 0 Å². The lowest BCUT2D eigenvalue weighted by molar-refractivity contribution is -0.137. The molecule has 0 aromatic carbocycles. The van der Waals surface area contributed by atoms with Gasteiger partial charge in [0.15, 0.2) is 0 Å². The molecule has 0 radical (unpaired) electrons. The Morgan fingerprint density at radius 1 is 1.27 bits per heavy atom. The summed E-state index contributed by atoms with van der Waals surface area (Å²) in [5.74, 6) is 1.23. The molecule has 0 saturated heterocycles. The second kappa shape index (κ2) is 5.50. The fourth-order valence-electron chi connectivity index (χ4n) is 2.61. The summed E-state index contributed by atoms with van der Waals surface area (Å²) in [5.41, 5.74) is 5.89. The number of hydrogen-bond acceptors (Lipinski definition) is 2. The Morgan fingerprint density at radius 2 is 1.73 bits per heavy atom. The summed E-state index contributed by atoms with van der Waals surface area (Å²) in [6.07, 6.45) is 4.77. The van der Waals surface area contributed by atoms with Crippen LogP contribution in [0.5, 0.6) is 0 Å². The molecule has 1 aliphatic carbocycles.